The molecular formula is C19H19FN6O. The average molecular weight is 366 g/mol. The van der Waals surface area contributed by atoms with Gasteiger partial charge in [-0.3, -0.25) is 0 Å². The Hall–Kier alpha value is -3.00. The molecule has 4 heterocycles. The summed E-state index contributed by atoms with van der Waals surface area (Å²) in [6.45, 7) is 3.73. The van der Waals surface area contributed by atoms with Crippen molar-refractivity contribution in [1.82, 2.24) is 19.7 Å². The molecule has 1 fully saturated rings. The van der Waals surface area contributed by atoms with Crippen molar-refractivity contribution in [2.45, 2.75) is 6.42 Å². The molecule has 2 aromatic heterocycles. The Morgan fingerprint density at radius 3 is 2.74 bits per heavy atom. The summed E-state index contributed by atoms with van der Waals surface area (Å²) < 4.78 is 20.4. The van der Waals surface area contributed by atoms with Crippen molar-refractivity contribution in [2.24, 2.45) is 0 Å². The summed E-state index contributed by atoms with van der Waals surface area (Å²) in [5, 5.41) is 8.01. The molecule has 138 valence electrons. The first-order chi connectivity index (χ1) is 13.3. The molecule has 0 atom stereocenters. The SMILES string of the molecule is Fc1ccc(-n2cc3c(n2)NCCc2cnc(N4CCOCC4)nc2-3)cc1. The van der Waals surface area contributed by atoms with Crippen LogP contribution in [0.2, 0.25) is 0 Å². The Labute approximate surface area is 155 Å². The molecule has 0 aliphatic carbocycles. The quantitative estimate of drug-likeness (QED) is 0.751. The molecule has 2 aliphatic heterocycles. The van der Waals surface area contributed by atoms with Gasteiger partial charge in [0.1, 0.15) is 5.82 Å². The molecule has 0 bridgehead atoms. The van der Waals surface area contributed by atoms with E-state index in [4.69, 9.17) is 9.72 Å². The van der Waals surface area contributed by atoms with Crippen molar-refractivity contribution < 1.29 is 9.13 Å². The molecule has 7 nitrogen and oxygen atoms in total. The van der Waals surface area contributed by atoms with Gasteiger partial charge in [-0.25, -0.2) is 19.0 Å². The van der Waals surface area contributed by atoms with E-state index in [1.54, 1.807) is 16.8 Å². The van der Waals surface area contributed by atoms with Crippen LogP contribution in [0.25, 0.3) is 16.9 Å². The zero-order chi connectivity index (χ0) is 18.2. The molecule has 2 aliphatic rings. The van der Waals surface area contributed by atoms with E-state index >= 15 is 0 Å². The van der Waals surface area contributed by atoms with Crippen LogP contribution in [-0.2, 0) is 11.2 Å². The van der Waals surface area contributed by atoms with Crippen molar-refractivity contribution in [3.63, 3.8) is 0 Å². The van der Waals surface area contributed by atoms with E-state index in [9.17, 15) is 4.39 Å². The lowest BCUT2D eigenvalue weighted by atomic mass is 10.1. The van der Waals surface area contributed by atoms with Crippen LogP contribution in [-0.4, -0.2) is 52.6 Å². The predicted octanol–water partition coefficient (Wildman–Crippen LogP) is 2.27. The van der Waals surface area contributed by atoms with Gasteiger partial charge in [-0.2, -0.15) is 0 Å². The number of ether oxygens (including phenoxy) is 1. The van der Waals surface area contributed by atoms with Gasteiger partial charge in [0.25, 0.3) is 0 Å². The molecule has 8 heteroatoms. The highest BCUT2D eigenvalue weighted by Gasteiger charge is 2.22. The lowest BCUT2D eigenvalue weighted by Gasteiger charge is -2.27. The van der Waals surface area contributed by atoms with Crippen LogP contribution >= 0.6 is 0 Å². The highest BCUT2D eigenvalue weighted by molar-refractivity contribution is 5.76. The molecule has 27 heavy (non-hydrogen) atoms. The van der Waals surface area contributed by atoms with Crippen molar-refractivity contribution in [3.05, 3.63) is 48.0 Å². The Balaban J connectivity index is 1.57. The number of anilines is 2. The largest absolute Gasteiger partial charge is 0.378 e. The van der Waals surface area contributed by atoms with Crippen molar-refractivity contribution in [2.75, 3.05) is 43.1 Å². The van der Waals surface area contributed by atoms with Crippen molar-refractivity contribution in [3.8, 4) is 16.9 Å². The molecule has 1 N–H and O–H groups in total. The zero-order valence-corrected chi connectivity index (χ0v) is 14.7. The number of hydrogen-bond acceptors (Lipinski definition) is 6. The van der Waals surface area contributed by atoms with Gasteiger partial charge in [0.05, 0.1) is 30.2 Å². The van der Waals surface area contributed by atoms with Gasteiger partial charge in [-0.15, -0.1) is 5.10 Å². The topological polar surface area (TPSA) is 68.1 Å². The zero-order valence-electron chi connectivity index (χ0n) is 14.7. The second-order valence-electron chi connectivity index (χ2n) is 6.63. The van der Waals surface area contributed by atoms with Crippen LogP contribution in [0, 0.1) is 5.82 Å². The van der Waals surface area contributed by atoms with Gasteiger partial charge in [0, 0.05) is 32.0 Å². The molecule has 0 radical (unpaired) electrons. The summed E-state index contributed by atoms with van der Waals surface area (Å²) in [5.41, 5.74) is 3.73. The third kappa shape index (κ3) is 3.02. The van der Waals surface area contributed by atoms with E-state index in [-0.39, 0.29) is 5.82 Å². The maximum Gasteiger partial charge on any atom is 0.226 e. The van der Waals surface area contributed by atoms with Gasteiger partial charge in [-0.05, 0) is 36.2 Å². The van der Waals surface area contributed by atoms with Crippen LogP contribution in [0.4, 0.5) is 16.2 Å². The third-order valence-corrected chi connectivity index (χ3v) is 4.89. The summed E-state index contributed by atoms with van der Waals surface area (Å²) in [5.74, 6) is 1.24. The highest BCUT2D eigenvalue weighted by atomic mass is 19.1. The van der Waals surface area contributed by atoms with Crippen molar-refractivity contribution >= 4 is 11.8 Å². The minimum Gasteiger partial charge on any atom is -0.378 e. The normalized spacial score (nSPS) is 16.3. The predicted molar refractivity (Wildman–Crippen MR) is 99.8 cm³/mol. The molecule has 0 amide bonds. The lowest BCUT2D eigenvalue weighted by Crippen LogP contribution is -2.37. The number of nitrogens with zero attached hydrogens (tertiary/aromatic N) is 5. The summed E-state index contributed by atoms with van der Waals surface area (Å²) in [4.78, 5) is 11.6. The maximum atomic E-state index is 13.2. The van der Waals surface area contributed by atoms with Crippen LogP contribution in [0.5, 0.6) is 0 Å². The number of nitrogens with one attached hydrogen (secondary N) is 1. The van der Waals surface area contributed by atoms with Gasteiger partial charge in [0.15, 0.2) is 5.82 Å². The Bertz CT molecular complexity index is 965. The van der Waals surface area contributed by atoms with Gasteiger partial charge in [-0.1, -0.05) is 0 Å². The first-order valence-electron chi connectivity index (χ1n) is 9.06. The van der Waals surface area contributed by atoms with Gasteiger partial charge >= 0.3 is 0 Å². The number of rotatable bonds is 2. The minimum atomic E-state index is -0.265. The highest BCUT2D eigenvalue weighted by Crippen LogP contribution is 2.33. The smallest absolute Gasteiger partial charge is 0.226 e. The average Bonchev–Trinajstić information content (AvgIpc) is 3.06. The third-order valence-electron chi connectivity index (χ3n) is 4.89. The second kappa shape index (κ2) is 6.62. The van der Waals surface area contributed by atoms with Gasteiger partial charge in [0.2, 0.25) is 5.95 Å². The summed E-state index contributed by atoms with van der Waals surface area (Å²) in [6.07, 6.45) is 4.70. The molecule has 0 spiro atoms. The fourth-order valence-electron chi connectivity index (χ4n) is 3.45. The molecule has 0 saturated carbocycles. The molecule has 3 aromatic rings. The Morgan fingerprint density at radius 1 is 1.11 bits per heavy atom. The number of halogens is 1. The second-order valence-corrected chi connectivity index (χ2v) is 6.63. The van der Waals surface area contributed by atoms with E-state index in [2.05, 4.69) is 20.3 Å². The first-order valence-corrected chi connectivity index (χ1v) is 9.06. The molecule has 1 aromatic carbocycles. The maximum absolute atomic E-state index is 13.2. The van der Waals surface area contributed by atoms with E-state index in [1.807, 2.05) is 12.4 Å². The lowest BCUT2D eigenvalue weighted by molar-refractivity contribution is 0.122. The summed E-state index contributed by atoms with van der Waals surface area (Å²) in [7, 11) is 0. The molecule has 5 rings (SSSR count). The summed E-state index contributed by atoms with van der Waals surface area (Å²) in [6, 6.07) is 6.29. The molecule has 1 saturated heterocycles. The van der Waals surface area contributed by atoms with Crippen LogP contribution in [0.3, 0.4) is 0 Å². The van der Waals surface area contributed by atoms with E-state index in [0.29, 0.717) is 13.2 Å². The number of benzene rings is 1. The standard InChI is InChI=1S/C19H19FN6O/c20-14-1-3-15(4-2-14)26-12-16-17-13(5-6-21-18(16)24-26)11-22-19(23-17)25-7-9-27-10-8-25/h1-4,11-12H,5-10H2,(H,21,24). The van der Waals surface area contributed by atoms with Crippen molar-refractivity contribution in [1.29, 1.82) is 0 Å². The monoisotopic (exact) mass is 366 g/mol. The van der Waals surface area contributed by atoms with Crippen LogP contribution in [0.1, 0.15) is 5.56 Å². The Kier molecular flexibility index (Phi) is 3.97. The number of hydrogen-bond donors (Lipinski definition) is 1. The van der Waals surface area contributed by atoms with Gasteiger partial charge < -0.3 is 15.0 Å². The van der Waals surface area contributed by atoms with E-state index in [1.165, 1.54) is 12.1 Å². The van der Waals surface area contributed by atoms with E-state index < -0.39 is 0 Å². The number of morpholine rings is 1. The minimum absolute atomic E-state index is 0.265. The van der Waals surface area contributed by atoms with Crippen LogP contribution in [0.15, 0.2) is 36.7 Å². The number of fused-ring (bicyclic) bond motifs is 3. The molecule has 0 unspecified atom stereocenters. The summed E-state index contributed by atoms with van der Waals surface area (Å²) >= 11 is 0. The fraction of sp³-hybridized carbons (Fsp3) is 0.316. The first kappa shape index (κ1) is 16.2. The Morgan fingerprint density at radius 2 is 1.93 bits per heavy atom. The fourth-order valence-corrected chi connectivity index (χ4v) is 3.45. The van der Waals surface area contributed by atoms with E-state index in [0.717, 1.165) is 60.3 Å². The van der Waals surface area contributed by atoms with Crippen LogP contribution < -0.4 is 10.2 Å². The number of aromatic nitrogens is 4. The molecular weight excluding hydrogens is 347 g/mol.